The lowest BCUT2D eigenvalue weighted by molar-refractivity contribution is 0.312. The van der Waals surface area contributed by atoms with Gasteiger partial charge < -0.3 is 19.7 Å². The van der Waals surface area contributed by atoms with Crippen LogP contribution < -0.4 is 10.2 Å². The summed E-state index contributed by atoms with van der Waals surface area (Å²) in [6.07, 6.45) is 4.65. The molecule has 1 aliphatic rings. The Morgan fingerprint density at radius 2 is 1.57 bits per heavy atom. The van der Waals surface area contributed by atoms with Gasteiger partial charge in [0.25, 0.3) is 0 Å². The van der Waals surface area contributed by atoms with Gasteiger partial charge in [-0.15, -0.1) is 0 Å². The molecule has 1 aliphatic heterocycles. The summed E-state index contributed by atoms with van der Waals surface area (Å²) in [5, 5.41) is 3.03. The molecule has 0 amide bonds. The van der Waals surface area contributed by atoms with Crippen LogP contribution in [0.5, 0.6) is 0 Å². The van der Waals surface area contributed by atoms with E-state index < -0.39 is 11.6 Å². The van der Waals surface area contributed by atoms with Gasteiger partial charge >= 0.3 is 0 Å². The number of hydrogen-bond donors (Lipinski definition) is 1. The SMILES string of the molecule is CC.Cc1nc2c(F)cc(-c3cc(Nc4ncc(N5CCN(C)CC5)cn4)ncc3F)cc2n1C(C)C. The molecule has 1 N–H and O–H groups in total. The molecule has 3 aromatic heterocycles. The molecule has 0 unspecified atom stereocenters. The molecule has 4 heterocycles. The van der Waals surface area contributed by atoms with Crippen molar-refractivity contribution >= 4 is 28.5 Å². The summed E-state index contributed by atoms with van der Waals surface area (Å²) >= 11 is 0. The van der Waals surface area contributed by atoms with Crippen LogP contribution in [0, 0.1) is 18.6 Å². The van der Waals surface area contributed by atoms with E-state index in [-0.39, 0.29) is 17.1 Å². The number of halogens is 2. The maximum atomic E-state index is 14.9. The van der Waals surface area contributed by atoms with E-state index in [1.807, 2.05) is 39.2 Å². The highest BCUT2D eigenvalue weighted by Gasteiger charge is 2.18. The Morgan fingerprint density at radius 3 is 2.22 bits per heavy atom. The number of fused-ring (bicyclic) bond motifs is 1. The lowest BCUT2D eigenvalue weighted by Crippen LogP contribution is -2.44. The first kappa shape index (κ1) is 26.4. The second-order valence-corrected chi connectivity index (χ2v) is 9.18. The van der Waals surface area contributed by atoms with E-state index in [1.54, 1.807) is 18.5 Å². The molecule has 5 rings (SSSR count). The zero-order valence-electron chi connectivity index (χ0n) is 22.3. The van der Waals surface area contributed by atoms with Crippen molar-refractivity contribution in [2.24, 2.45) is 0 Å². The largest absolute Gasteiger partial charge is 0.366 e. The third-order valence-electron chi connectivity index (χ3n) is 6.35. The Morgan fingerprint density at radius 1 is 0.892 bits per heavy atom. The standard InChI is InChI=1S/C25H28F2N8.C2H6/c1-15(2)35-16(3)31-24-20(26)9-17(10-22(24)35)19-11-23(28-14-21(19)27)32-25-29-12-18(13-30-25)34-7-5-33(4)6-8-34;1-2/h9-15H,5-8H2,1-4H3,(H,28,29,30,32);1-2H3. The quantitative estimate of drug-likeness (QED) is 0.377. The molecule has 0 aliphatic carbocycles. The smallest absolute Gasteiger partial charge is 0.228 e. The van der Waals surface area contributed by atoms with E-state index in [4.69, 9.17) is 0 Å². The van der Waals surface area contributed by atoms with E-state index in [0.717, 1.165) is 38.1 Å². The molecule has 0 radical (unpaired) electrons. The first-order valence-electron chi connectivity index (χ1n) is 12.7. The molecule has 4 aromatic rings. The number of piperazine rings is 1. The summed E-state index contributed by atoms with van der Waals surface area (Å²) in [5.74, 6) is 0.383. The second kappa shape index (κ2) is 11.2. The minimum atomic E-state index is -0.548. The van der Waals surface area contributed by atoms with Gasteiger partial charge in [0.05, 0.1) is 29.8 Å². The van der Waals surface area contributed by atoms with Crippen LogP contribution in [-0.4, -0.2) is 62.6 Å². The fourth-order valence-corrected chi connectivity index (χ4v) is 4.53. The number of likely N-dealkylation sites (N-methyl/N-ethyl adjacent to an activating group) is 1. The lowest BCUT2D eigenvalue weighted by Gasteiger charge is -2.33. The highest BCUT2D eigenvalue weighted by Crippen LogP contribution is 2.32. The molecule has 196 valence electrons. The van der Waals surface area contributed by atoms with Crippen molar-refractivity contribution in [2.75, 3.05) is 43.4 Å². The van der Waals surface area contributed by atoms with E-state index in [0.29, 0.717) is 28.7 Å². The van der Waals surface area contributed by atoms with Crippen molar-refractivity contribution in [2.45, 2.75) is 40.7 Å². The van der Waals surface area contributed by atoms with Gasteiger partial charge in [0.15, 0.2) is 5.82 Å². The monoisotopic (exact) mass is 508 g/mol. The number of aryl methyl sites for hydroxylation is 1. The van der Waals surface area contributed by atoms with Crippen LogP contribution >= 0.6 is 0 Å². The molecule has 0 spiro atoms. The Labute approximate surface area is 216 Å². The molecule has 1 fully saturated rings. The molecular weight excluding hydrogens is 474 g/mol. The van der Waals surface area contributed by atoms with Crippen LogP contribution in [-0.2, 0) is 0 Å². The highest BCUT2D eigenvalue weighted by molar-refractivity contribution is 5.84. The molecule has 1 saturated heterocycles. The van der Waals surface area contributed by atoms with Gasteiger partial charge in [-0.25, -0.2) is 28.7 Å². The topological polar surface area (TPSA) is 75.0 Å². The predicted octanol–water partition coefficient (Wildman–Crippen LogP) is 5.58. The van der Waals surface area contributed by atoms with Crippen LogP contribution in [0.1, 0.15) is 39.6 Å². The average Bonchev–Trinajstić information content (AvgIpc) is 3.24. The van der Waals surface area contributed by atoms with Crippen LogP contribution in [0.4, 0.5) is 26.2 Å². The lowest BCUT2D eigenvalue weighted by atomic mass is 10.0. The van der Waals surface area contributed by atoms with Crippen molar-refractivity contribution in [1.82, 2.24) is 29.4 Å². The van der Waals surface area contributed by atoms with Crippen molar-refractivity contribution in [3.05, 3.63) is 54.2 Å². The molecule has 37 heavy (non-hydrogen) atoms. The van der Waals surface area contributed by atoms with Crippen LogP contribution in [0.3, 0.4) is 0 Å². The Balaban J connectivity index is 0.00000156. The van der Waals surface area contributed by atoms with E-state index >= 15 is 0 Å². The van der Waals surface area contributed by atoms with E-state index in [1.165, 1.54) is 12.1 Å². The Bertz CT molecular complexity index is 1360. The van der Waals surface area contributed by atoms with Gasteiger partial charge in [0, 0.05) is 37.8 Å². The zero-order chi connectivity index (χ0) is 26.7. The third-order valence-corrected chi connectivity index (χ3v) is 6.35. The molecule has 10 heteroatoms. The number of nitrogens with zero attached hydrogens (tertiary/aromatic N) is 7. The number of hydrogen-bond acceptors (Lipinski definition) is 7. The van der Waals surface area contributed by atoms with Crippen molar-refractivity contribution in [3.63, 3.8) is 0 Å². The highest BCUT2D eigenvalue weighted by atomic mass is 19.1. The van der Waals surface area contributed by atoms with Gasteiger partial charge in [0.2, 0.25) is 5.95 Å². The van der Waals surface area contributed by atoms with Crippen molar-refractivity contribution in [1.29, 1.82) is 0 Å². The van der Waals surface area contributed by atoms with Crippen LogP contribution in [0.15, 0.2) is 36.8 Å². The Kier molecular flexibility index (Phi) is 7.97. The van der Waals surface area contributed by atoms with Gasteiger partial charge in [-0.05, 0) is 51.6 Å². The third kappa shape index (κ3) is 5.53. The van der Waals surface area contributed by atoms with E-state index in [2.05, 4.69) is 42.1 Å². The summed E-state index contributed by atoms with van der Waals surface area (Å²) in [6, 6.07) is 4.70. The fourth-order valence-electron chi connectivity index (χ4n) is 4.53. The van der Waals surface area contributed by atoms with E-state index in [9.17, 15) is 8.78 Å². The predicted molar refractivity (Wildman–Crippen MR) is 144 cm³/mol. The maximum absolute atomic E-state index is 14.9. The number of rotatable bonds is 5. The number of imidazole rings is 1. The zero-order valence-corrected chi connectivity index (χ0v) is 22.3. The molecular formula is C27H34F2N8. The minimum absolute atomic E-state index is 0.0835. The maximum Gasteiger partial charge on any atom is 0.228 e. The fraction of sp³-hybridized carbons (Fsp3) is 0.407. The van der Waals surface area contributed by atoms with Crippen molar-refractivity contribution in [3.8, 4) is 11.1 Å². The van der Waals surface area contributed by atoms with Gasteiger partial charge in [-0.1, -0.05) is 13.8 Å². The molecule has 0 bridgehead atoms. The van der Waals surface area contributed by atoms with Crippen LogP contribution in [0.2, 0.25) is 0 Å². The molecule has 1 aromatic carbocycles. The van der Waals surface area contributed by atoms with Gasteiger partial charge in [0.1, 0.15) is 23.0 Å². The second-order valence-electron chi connectivity index (χ2n) is 9.18. The Hall–Kier alpha value is -3.66. The van der Waals surface area contributed by atoms with Gasteiger partial charge in [-0.3, -0.25) is 0 Å². The molecule has 0 atom stereocenters. The summed E-state index contributed by atoms with van der Waals surface area (Å²) in [6.45, 7) is 13.7. The number of benzene rings is 1. The summed E-state index contributed by atoms with van der Waals surface area (Å²) in [4.78, 5) is 21.8. The normalized spacial score (nSPS) is 14.1. The average molecular weight is 509 g/mol. The molecule has 0 saturated carbocycles. The first-order valence-corrected chi connectivity index (χ1v) is 12.7. The number of pyridine rings is 1. The molecule has 8 nitrogen and oxygen atoms in total. The van der Waals surface area contributed by atoms with Crippen molar-refractivity contribution < 1.29 is 8.78 Å². The van der Waals surface area contributed by atoms with Gasteiger partial charge in [-0.2, -0.15) is 0 Å². The number of nitrogens with one attached hydrogen (secondary N) is 1. The summed E-state index contributed by atoms with van der Waals surface area (Å²) in [7, 11) is 2.11. The van der Waals surface area contributed by atoms with Crippen LogP contribution in [0.25, 0.3) is 22.2 Å². The minimum Gasteiger partial charge on any atom is -0.366 e. The first-order chi connectivity index (χ1) is 17.8. The summed E-state index contributed by atoms with van der Waals surface area (Å²) < 4.78 is 31.7. The number of anilines is 3. The number of aromatic nitrogens is 5. The summed E-state index contributed by atoms with van der Waals surface area (Å²) in [5.41, 5.74) is 2.50.